The first-order valence-corrected chi connectivity index (χ1v) is 8.47. The van der Waals surface area contributed by atoms with Crippen molar-refractivity contribution in [1.82, 2.24) is 9.97 Å². The molecule has 24 heavy (non-hydrogen) atoms. The largest absolute Gasteiger partial charge is 0.265 e. The molecular weight excluding hydrogens is 336 g/mol. The van der Waals surface area contributed by atoms with E-state index in [0.717, 1.165) is 28.8 Å². The molecule has 2 heterocycles. The molecule has 1 N–H and O–H groups in total. The molecule has 0 aliphatic carbocycles. The fourth-order valence-electron chi connectivity index (χ4n) is 2.37. The number of hydrogen-bond acceptors (Lipinski definition) is 4. The molecular formula is C16H13F2N3O2S. The van der Waals surface area contributed by atoms with Crippen molar-refractivity contribution in [2.45, 2.75) is 18.7 Å². The van der Waals surface area contributed by atoms with E-state index in [1.54, 1.807) is 13.0 Å². The van der Waals surface area contributed by atoms with Gasteiger partial charge in [-0.25, -0.2) is 27.2 Å². The molecule has 124 valence electrons. The Bertz CT molecular complexity index is 1050. The Hall–Kier alpha value is -2.61. The topological polar surface area (TPSA) is 72.0 Å². The van der Waals surface area contributed by atoms with Crippen LogP contribution in [0.5, 0.6) is 0 Å². The predicted octanol–water partition coefficient (Wildman–Crippen LogP) is 3.33. The van der Waals surface area contributed by atoms with Crippen LogP contribution < -0.4 is 4.72 Å². The van der Waals surface area contributed by atoms with E-state index in [-0.39, 0.29) is 5.82 Å². The van der Waals surface area contributed by atoms with Gasteiger partial charge in [0.05, 0.1) is 0 Å². The molecule has 1 aromatic carbocycles. The second kappa shape index (κ2) is 5.79. The fraction of sp³-hybridized carbons (Fsp3) is 0.125. The Morgan fingerprint density at radius 3 is 2.46 bits per heavy atom. The maximum absolute atomic E-state index is 13.7. The average molecular weight is 349 g/mol. The first-order chi connectivity index (χ1) is 11.3. The predicted molar refractivity (Wildman–Crippen MR) is 86.2 cm³/mol. The lowest BCUT2D eigenvalue weighted by Crippen LogP contribution is -2.15. The molecule has 5 nitrogen and oxygen atoms in total. The Labute approximate surface area is 137 Å². The number of nitrogens with zero attached hydrogens (tertiary/aromatic N) is 2. The number of fused-ring (bicyclic) bond motifs is 1. The number of pyridine rings is 2. The number of benzene rings is 1. The van der Waals surface area contributed by atoms with Crippen molar-refractivity contribution in [2.75, 3.05) is 4.72 Å². The lowest BCUT2D eigenvalue weighted by Gasteiger charge is -2.09. The quantitative estimate of drug-likeness (QED) is 0.787. The maximum Gasteiger partial charge on any atom is 0.265 e. The van der Waals surface area contributed by atoms with Gasteiger partial charge in [0, 0.05) is 17.1 Å². The highest BCUT2D eigenvalue weighted by atomic mass is 32.2. The van der Waals surface area contributed by atoms with E-state index < -0.39 is 26.6 Å². The van der Waals surface area contributed by atoms with Crippen LogP contribution in [0, 0.1) is 25.5 Å². The summed E-state index contributed by atoms with van der Waals surface area (Å²) in [6.07, 6.45) is 0. The van der Waals surface area contributed by atoms with Crippen LogP contribution in [0.25, 0.3) is 11.0 Å². The zero-order valence-electron chi connectivity index (χ0n) is 12.8. The molecule has 0 unspecified atom stereocenters. The van der Waals surface area contributed by atoms with Crippen LogP contribution in [0.3, 0.4) is 0 Å². The number of halogens is 2. The molecule has 0 amide bonds. The minimum atomic E-state index is -4.23. The molecule has 8 heteroatoms. The Kier molecular flexibility index (Phi) is 3.92. The molecule has 3 aromatic rings. The van der Waals surface area contributed by atoms with E-state index in [1.807, 2.05) is 13.0 Å². The van der Waals surface area contributed by atoms with Gasteiger partial charge in [0.2, 0.25) is 0 Å². The normalized spacial score (nSPS) is 11.7. The van der Waals surface area contributed by atoms with Gasteiger partial charge in [-0.15, -0.1) is 0 Å². The Morgan fingerprint density at radius 1 is 1.00 bits per heavy atom. The van der Waals surface area contributed by atoms with E-state index in [0.29, 0.717) is 11.7 Å². The molecule has 0 radical (unpaired) electrons. The highest BCUT2D eigenvalue weighted by Gasteiger charge is 2.20. The summed E-state index contributed by atoms with van der Waals surface area (Å²) < 4.78 is 53.4. The van der Waals surface area contributed by atoms with Crippen LogP contribution in [0.4, 0.5) is 14.6 Å². The smallest absolute Gasteiger partial charge is 0.263 e. The van der Waals surface area contributed by atoms with Crippen LogP contribution >= 0.6 is 0 Å². The molecule has 0 saturated carbocycles. The molecule has 0 spiro atoms. The number of sulfonamides is 1. The van der Waals surface area contributed by atoms with E-state index in [9.17, 15) is 17.2 Å². The van der Waals surface area contributed by atoms with E-state index in [1.165, 1.54) is 6.07 Å². The monoisotopic (exact) mass is 349 g/mol. The number of aromatic nitrogens is 2. The third-order valence-electron chi connectivity index (χ3n) is 3.43. The summed E-state index contributed by atoms with van der Waals surface area (Å²) in [5.74, 6) is -2.03. The van der Waals surface area contributed by atoms with Crippen molar-refractivity contribution in [1.29, 1.82) is 0 Å². The lowest BCUT2D eigenvalue weighted by molar-refractivity contribution is 0.551. The maximum atomic E-state index is 13.7. The number of nitrogens with one attached hydrogen (secondary N) is 1. The number of anilines is 1. The molecule has 0 fully saturated rings. The Balaban J connectivity index is 2.02. The molecule has 0 aliphatic heterocycles. The molecule has 0 bridgehead atoms. The summed E-state index contributed by atoms with van der Waals surface area (Å²) >= 11 is 0. The summed E-state index contributed by atoms with van der Waals surface area (Å²) in [6, 6.07) is 7.28. The van der Waals surface area contributed by atoms with Gasteiger partial charge in [0.1, 0.15) is 22.3 Å². The number of hydrogen-bond donors (Lipinski definition) is 1. The standard InChI is InChI=1S/C16H13F2N3O2S/c1-9-7-10(2)19-16-12(9)4-6-15(20-16)21-24(22,23)14-5-3-11(17)8-13(14)18/h3-8H,1-2H3,(H,19,20,21). The highest BCUT2D eigenvalue weighted by molar-refractivity contribution is 7.92. The van der Waals surface area contributed by atoms with Crippen molar-refractivity contribution in [3.05, 3.63) is 59.3 Å². The molecule has 3 rings (SSSR count). The zero-order chi connectivity index (χ0) is 17.5. The average Bonchev–Trinajstić information content (AvgIpc) is 2.45. The SMILES string of the molecule is Cc1cc(C)c2ccc(NS(=O)(=O)c3ccc(F)cc3F)nc2n1. The van der Waals surface area contributed by atoms with E-state index in [2.05, 4.69) is 14.7 Å². The highest BCUT2D eigenvalue weighted by Crippen LogP contribution is 2.22. The number of rotatable bonds is 3. The van der Waals surface area contributed by atoms with Crippen LogP contribution in [-0.4, -0.2) is 18.4 Å². The Morgan fingerprint density at radius 2 is 1.75 bits per heavy atom. The molecule has 2 aromatic heterocycles. The van der Waals surface area contributed by atoms with Crippen LogP contribution in [0.2, 0.25) is 0 Å². The summed E-state index contributed by atoms with van der Waals surface area (Å²) in [7, 11) is -4.23. The second-order valence-corrected chi connectivity index (χ2v) is 6.98. The zero-order valence-corrected chi connectivity index (χ0v) is 13.7. The van der Waals surface area contributed by atoms with Crippen LogP contribution in [0.15, 0.2) is 41.3 Å². The second-order valence-electron chi connectivity index (χ2n) is 5.33. The number of aryl methyl sites for hydroxylation is 2. The first-order valence-electron chi connectivity index (χ1n) is 6.99. The van der Waals surface area contributed by atoms with Gasteiger partial charge in [-0.2, -0.15) is 0 Å². The van der Waals surface area contributed by atoms with Gasteiger partial charge in [-0.3, -0.25) is 4.72 Å². The summed E-state index contributed by atoms with van der Waals surface area (Å²) in [5.41, 5.74) is 2.09. The minimum Gasteiger partial charge on any atom is -0.263 e. The summed E-state index contributed by atoms with van der Waals surface area (Å²) in [6.45, 7) is 3.70. The van der Waals surface area contributed by atoms with E-state index in [4.69, 9.17) is 0 Å². The molecule has 0 saturated heterocycles. The van der Waals surface area contributed by atoms with Crippen molar-refractivity contribution in [3.63, 3.8) is 0 Å². The lowest BCUT2D eigenvalue weighted by atomic mass is 10.1. The molecule has 0 aliphatic rings. The van der Waals surface area contributed by atoms with Gasteiger partial charge in [0.15, 0.2) is 5.65 Å². The van der Waals surface area contributed by atoms with Gasteiger partial charge in [0.25, 0.3) is 10.0 Å². The van der Waals surface area contributed by atoms with Crippen LogP contribution in [0.1, 0.15) is 11.3 Å². The third kappa shape index (κ3) is 3.05. The fourth-order valence-corrected chi connectivity index (χ4v) is 3.44. The van der Waals surface area contributed by atoms with Gasteiger partial charge in [-0.1, -0.05) is 0 Å². The third-order valence-corrected chi connectivity index (χ3v) is 4.82. The van der Waals surface area contributed by atoms with Crippen molar-refractivity contribution < 1.29 is 17.2 Å². The van der Waals surface area contributed by atoms with Crippen molar-refractivity contribution >= 4 is 26.9 Å². The summed E-state index contributed by atoms with van der Waals surface area (Å²) in [5, 5.41) is 0.788. The van der Waals surface area contributed by atoms with Crippen molar-refractivity contribution in [2.24, 2.45) is 0 Å². The minimum absolute atomic E-state index is 0.00345. The van der Waals surface area contributed by atoms with Gasteiger partial charge >= 0.3 is 0 Å². The van der Waals surface area contributed by atoms with E-state index >= 15 is 0 Å². The summed E-state index contributed by atoms with van der Waals surface area (Å²) in [4.78, 5) is 7.76. The van der Waals surface area contributed by atoms with Gasteiger partial charge in [-0.05, 0) is 49.7 Å². The van der Waals surface area contributed by atoms with Gasteiger partial charge < -0.3 is 0 Å². The van der Waals surface area contributed by atoms with Crippen molar-refractivity contribution in [3.8, 4) is 0 Å². The first kappa shape index (κ1) is 16.3. The van der Waals surface area contributed by atoms with Crippen LogP contribution in [-0.2, 0) is 10.0 Å². The molecule has 0 atom stereocenters.